The van der Waals surface area contributed by atoms with Crippen molar-refractivity contribution in [2.45, 2.75) is 34.6 Å². The van der Waals surface area contributed by atoms with Gasteiger partial charge in [0.15, 0.2) is 22.1 Å². The molecule has 0 bridgehead atoms. The summed E-state index contributed by atoms with van der Waals surface area (Å²) in [5.41, 5.74) is 16.2. The molecule has 0 unspecified atom stereocenters. The van der Waals surface area contributed by atoms with E-state index in [-0.39, 0.29) is 0 Å². The third-order valence-corrected chi connectivity index (χ3v) is 7.75. The highest BCUT2D eigenvalue weighted by molar-refractivity contribution is 5.81. The molecule has 0 aliphatic rings. The van der Waals surface area contributed by atoms with Crippen molar-refractivity contribution in [2.24, 2.45) is 14.1 Å². The maximum Gasteiger partial charge on any atom is 0.249 e. The van der Waals surface area contributed by atoms with Gasteiger partial charge in [-0.25, -0.2) is 9.13 Å². The minimum Gasteiger partial charge on any atom is -0.232 e. The summed E-state index contributed by atoms with van der Waals surface area (Å²) in [4.78, 5) is 0. The largest absolute Gasteiger partial charge is 0.249 e. The van der Waals surface area contributed by atoms with Crippen molar-refractivity contribution in [1.29, 1.82) is 0 Å². The second-order valence-corrected chi connectivity index (χ2v) is 10.6. The van der Waals surface area contributed by atoms with E-state index in [4.69, 9.17) is 0 Å². The predicted molar refractivity (Wildman–Crippen MR) is 152 cm³/mol. The monoisotopic (exact) mass is 486 g/mol. The van der Waals surface area contributed by atoms with Gasteiger partial charge in [0.25, 0.3) is 0 Å². The Kier molecular flexibility index (Phi) is 5.30. The highest BCUT2D eigenvalue weighted by Gasteiger charge is 2.22. The number of nitrogens with zero attached hydrogens (tertiary/aromatic N) is 4. The number of imidazole rings is 2. The van der Waals surface area contributed by atoms with Crippen LogP contribution in [0.3, 0.4) is 0 Å². The van der Waals surface area contributed by atoms with Gasteiger partial charge in [0, 0.05) is 6.07 Å². The molecule has 6 rings (SSSR count). The standard InChI is InChI=1S/C33H34N4/c1-21-12-24(4)33(25(5)13-21)26-16-27(36-19-34(6)29-10-8-9-11-30(29)36)18-28(17-26)37-20-35(7)31-14-22(2)23(3)15-32(31)37/h8-20H,1-7H3/q+2. The minimum atomic E-state index is 1.15. The van der Waals surface area contributed by atoms with E-state index in [1.165, 1.54) is 61.0 Å². The fourth-order valence-corrected chi connectivity index (χ4v) is 5.89. The normalized spacial score (nSPS) is 11.6. The van der Waals surface area contributed by atoms with E-state index >= 15 is 0 Å². The van der Waals surface area contributed by atoms with Crippen LogP contribution >= 0.6 is 0 Å². The van der Waals surface area contributed by atoms with Gasteiger partial charge in [-0.15, -0.1) is 0 Å². The molecule has 0 spiro atoms. The molecule has 2 aromatic heterocycles. The molecule has 0 saturated heterocycles. The average molecular weight is 487 g/mol. The number of aromatic nitrogens is 4. The fraction of sp³-hybridized carbons (Fsp3) is 0.212. The fourth-order valence-electron chi connectivity index (χ4n) is 5.89. The Morgan fingerprint density at radius 2 is 1.11 bits per heavy atom. The maximum absolute atomic E-state index is 2.34. The maximum atomic E-state index is 2.34. The lowest BCUT2D eigenvalue weighted by atomic mass is 9.93. The molecule has 2 heterocycles. The Morgan fingerprint density at radius 1 is 0.541 bits per heavy atom. The van der Waals surface area contributed by atoms with Crippen LogP contribution in [0.5, 0.6) is 0 Å². The zero-order chi connectivity index (χ0) is 26.0. The molecule has 0 amide bonds. The van der Waals surface area contributed by atoms with Crippen molar-refractivity contribution >= 4 is 22.1 Å². The highest BCUT2D eigenvalue weighted by Crippen LogP contribution is 2.33. The number of benzene rings is 4. The first-order chi connectivity index (χ1) is 17.7. The summed E-state index contributed by atoms with van der Waals surface area (Å²) in [6.45, 7) is 11.0. The molecule has 0 radical (unpaired) electrons. The first-order valence-electron chi connectivity index (χ1n) is 12.9. The number of hydrogen-bond donors (Lipinski definition) is 0. The van der Waals surface area contributed by atoms with Gasteiger partial charge in [-0.1, -0.05) is 29.8 Å². The van der Waals surface area contributed by atoms with Gasteiger partial charge in [-0.05, 0) is 104 Å². The number of rotatable bonds is 3. The van der Waals surface area contributed by atoms with Gasteiger partial charge in [0.05, 0.1) is 14.1 Å². The van der Waals surface area contributed by atoms with E-state index in [9.17, 15) is 0 Å². The van der Waals surface area contributed by atoms with Gasteiger partial charge < -0.3 is 0 Å². The van der Waals surface area contributed by atoms with Crippen molar-refractivity contribution in [3.8, 4) is 22.5 Å². The summed E-state index contributed by atoms with van der Waals surface area (Å²) in [6, 6.07) is 24.8. The van der Waals surface area contributed by atoms with E-state index < -0.39 is 0 Å². The lowest BCUT2D eigenvalue weighted by Crippen LogP contribution is -2.25. The summed E-state index contributed by atoms with van der Waals surface area (Å²) in [5, 5.41) is 0. The van der Waals surface area contributed by atoms with E-state index in [2.05, 4.69) is 146 Å². The van der Waals surface area contributed by atoms with Crippen LogP contribution in [0.4, 0.5) is 0 Å². The topological polar surface area (TPSA) is 17.6 Å². The van der Waals surface area contributed by atoms with E-state index in [1.807, 2.05) is 0 Å². The Balaban J connectivity index is 1.69. The second kappa shape index (κ2) is 8.45. The molecule has 0 fully saturated rings. The number of para-hydroxylation sites is 2. The van der Waals surface area contributed by atoms with Crippen LogP contribution in [0.1, 0.15) is 27.8 Å². The van der Waals surface area contributed by atoms with Gasteiger partial charge in [-0.2, -0.15) is 9.13 Å². The molecule has 4 nitrogen and oxygen atoms in total. The second-order valence-electron chi connectivity index (χ2n) is 10.6. The van der Waals surface area contributed by atoms with Crippen molar-refractivity contribution in [1.82, 2.24) is 9.13 Å². The van der Waals surface area contributed by atoms with E-state index in [1.54, 1.807) is 0 Å². The Bertz CT molecular complexity index is 1830. The molecule has 4 aromatic carbocycles. The van der Waals surface area contributed by atoms with E-state index in [0.717, 1.165) is 11.4 Å². The van der Waals surface area contributed by atoms with Crippen molar-refractivity contribution in [3.63, 3.8) is 0 Å². The number of aryl methyl sites for hydroxylation is 7. The smallest absolute Gasteiger partial charge is 0.232 e. The van der Waals surface area contributed by atoms with Crippen molar-refractivity contribution in [2.75, 3.05) is 0 Å². The van der Waals surface area contributed by atoms with Crippen LogP contribution in [0, 0.1) is 34.6 Å². The molecular weight excluding hydrogens is 452 g/mol. The van der Waals surface area contributed by atoms with Crippen LogP contribution in [-0.4, -0.2) is 9.13 Å². The molecule has 0 aliphatic carbocycles. The van der Waals surface area contributed by atoms with Crippen LogP contribution in [0.25, 0.3) is 44.6 Å². The summed E-state index contributed by atoms with van der Waals surface area (Å²) in [5.74, 6) is 0. The van der Waals surface area contributed by atoms with Crippen LogP contribution in [-0.2, 0) is 14.1 Å². The lowest BCUT2D eigenvalue weighted by Gasteiger charge is -2.13. The highest BCUT2D eigenvalue weighted by atomic mass is 15.1. The Hall–Kier alpha value is -4.18. The Labute approximate surface area is 218 Å². The van der Waals surface area contributed by atoms with Crippen LogP contribution in [0.15, 0.2) is 79.4 Å². The summed E-state index contributed by atoms with van der Waals surface area (Å²) < 4.78 is 9.06. The third-order valence-electron chi connectivity index (χ3n) is 7.75. The SMILES string of the molecule is Cc1cc(C)c(-c2cc(-n3c[n+](C)c4ccccc43)cc(-n3c[n+](C)c4cc(C)c(C)cc43)c2)c(C)c1. The summed E-state index contributed by atoms with van der Waals surface area (Å²) in [7, 11) is 4.24. The van der Waals surface area contributed by atoms with Gasteiger partial charge in [-0.3, -0.25) is 0 Å². The molecule has 0 saturated carbocycles. The van der Waals surface area contributed by atoms with Gasteiger partial charge >= 0.3 is 0 Å². The van der Waals surface area contributed by atoms with Gasteiger partial charge in [0.1, 0.15) is 11.4 Å². The van der Waals surface area contributed by atoms with Crippen molar-refractivity contribution < 1.29 is 9.13 Å². The van der Waals surface area contributed by atoms with Crippen LogP contribution in [0.2, 0.25) is 0 Å². The first-order valence-corrected chi connectivity index (χ1v) is 12.9. The molecule has 4 heteroatoms. The zero-order valence-corrected chi connectivity index (χ0v) is 22.8. The summed E-state index contributed by atoms with van der Waals surface area (Å²) >= 11 is 0. The van der Waals surface area contributed by atoms with E-state index in [0.29, 0.717) is 0 Å². The molecule has 0 atom stereocenters. The predicted octanol–water partition coefficient (Wildman–Crippen LogP) is 6.43. The molecule has 0 aliphatic heterocycles. The zero-order valence-electron chi connectivity index (χ0n) is 22.8. The molecule has 37 heavy (non-hydrogen) atoms. The Morgan fingerprint density at radius 3 is 1.78 bits per heavy atom. The molecule has 0 N–H and O–H groups in total. The molecule has 184 valence electrons. The first kappa shape index (κ1) is 23.2. The quantitative estimate of drug-likeness (QED) is 0.257. The number of fused-ring (bicyclic) bond motifs is 2. The molecule has 6 aromatic rings. The third kappa shape index (κ3) is 3.75. The van der Waals surface area contributed by atoms with Gasteiger partial charge in [0.2, 0.25) is 12.7 Å². The molecular formula is C33H34N4+2. The minimum absolute atomic E-state index is 1.15. The summed E-state index contributed by atoms with van der Waals surface area (Å²) in [6.07, 6.45) is 4.39. The van der Waals surface area contributed by atoms with Crippen molar-refractivity contribution in [3.05, 3.63) is 107 Å². The lowest BCUT2D eigenvalue weighted by molar-refractivity contribution is -0.645. The average Bonchev–Trinajstić information content (AvgIpc) is 3.35. The van der Waals surface area contributed by atoms with Crippen LogP contribution < -0.4 is 9.13 Å². The number of hydrogen-bond acceptors (Lipinski definition) is 0.